The topological polar surface area (TPSA) is 48.8 Å². The average molecular weight is 221 g/mol. The molecule has 15 heavy (non-hydrogen) atoms. The molecule has 0 saturated carbocycles. The molecule has 4 heteroatoms. The van der Waals surface area contributed by atoms with E-state index in [2.05, 4.69) is 11.1 Å². The number of nitrogens with one attached hydrogen (secondary N) is 1. The number of ether oxygens (including phenoxy) is 1. The van der Waals surface area contributed by atoms with Gasteiger partial charge in [-0.3, -0.25) is 0 Å². The molecule has 0 spiro atoms. The summed E-state index contributed by atoms with van der Waals surface area (Å²) >= 11 is 5.95. The van der Waals surface area contributed by atoms with Gasteiger partial charge in [0.2, 0.25) is 0 Å². The van der Waals surface area contributed by atoms with Gasteiger partial charge in [0.05, 0.1) is 25.1 Å². The maximum absolute atomic E-state index is 8.67. The summed E-state index contributed by atoms with van der Waals surface area (Å²) in [5, 5.41) is 10.2. The van der Waals surface area contributed by atoms with Crippen LogP contribution in [0.4, 0.5) is 0 Å². The summed E-state index contributed by atoms with van der Waals surface area (Å²) < 4.78 is 5.20. The van der Waals surface area contributed by atoms with Crippen LogP contribution in [-0.4, -0.2) is 12.1 Å². The number of halogens is 1. The lowest BCUT2D eigenvalue weighted by molar-refractivity contribution is 0.419. The lowest BCUT2D eigenvalue weighted by Crippen LogP contribution is -1.85. The van der Waals surface area contributed by atoms with E-state index in [-0.39, 0.29) is 0 Å². The van der Waals surface area contributed by atoms with Crippen LogP contribution in [0.3, 0.4) is 0 Å². The van der Waals surface area contributed by atoms with Crippen molar-refractivity contribution in [2.75, 3.05) is 7.11 Å². The molecule has 0 aliphatic heterocycles. The molecule has 0 fully saturated rings. The highest BCUT2D eigenvalue weighted by molar-refractivity contribution is 6.31. The molecule has 1 aromatic carbocycles. The third-order valence-electron chi connectivity index (χ3n) is 2.29. The molecule has 2 rings (SSSR count). The lowest BCUT2D eigenvalue weighted by Gasteiger charge is -2.02. The van der Waals surface area contributed by atoms with Gasteiger partial charge in [-0.15, -0.1) is 0 Å². The smallest absolute Gasteiger partial charge is 0.144 e. The first-order valence-corrected chi connectivity index (χ1v) is 4.84. The summed E-state index contributed by atoms with van der Waals surface area (Å²) in [5.74, 6) is 0.696. The number of nitriles is 1. The zero-order chi connectivity index (χ0) is 10.8. The number of methoxy groups -OCH3 is 1. The predicted molar refractivity (Wildman–Crippen MR) is 59.2 cm³/mol. The number of fused-ring (bicyclic) bond motifs is 1. The highest BCUT2D eigenvalue weighted by Crippen LogP contribution is 2.31. The Labute approximate surface area is 92.2 Å². The summed E-state index contributed by atoms with van der Waals surface area (Å²) in [7, 11) is 1.59. The van der Waals surface area contributed by atoms with E-state index in [0.717, 1.165) is 16.5 Å². The van der Waals surface area contributed by atoms with Crippen LogP contribution in [0.15, 0.2) is 18.3 Å². The highest BCUT2D eigenvalue weighted by atomic mass is 35.5. The normalized spacial score (nSPS) is 10.2. The molecule has 0 saturated heterocycles. The van der Waals surface area contributed by atoms with Crippen LogP contribution in [-0.2, 0) is 6.42 Å². The summed E-state index contributed by atoms with van der Waals surface area (Å²) in [6.07, 6.45) is 2.18. The number of H-pyrrole nitrogens is 1. The molecule has 0 amide bonds. The van der Waals surface area contributed by atoms with Crippen molar-refractivity contribution in [3.8, 4) is 11.8 Å². The van der Waals surface area contributed by atoms with Gasteiger partial charge in [-0.05, 0) is 11.6 Å². The van der Waals surface area contributed by atoms with E-state index < -0.39 is 0 Å². The number of rotatable bonds is 2. The molecule has 0 atom stereocenters. The zero-order valence-corrected chi connectivity index (χ0v) is 8.93. The molecule has 1 heterocycles. The number of benzene rings is 1. The Morgan fingerprint density at radius 2 is 2.33 bits per heavy atom. The second-order valence-corrected chi connectivity index (χ2v) is 3.62. The molecule has 0 radical (unpaired) electrons. The zero-order valence-electron chi connectivity index (χ0n) is 8.17. The molecule has 2 aromatic rings. The van der Waals surface area contributed by atoms with Gasteiger partial charge in [0, 0.05) is 22.7 Å². The largest absolute Gasteiger partial charge is 0.495 e. The van der Waals surface area contributed by atoms with Crippen LogP contribution in [0, 0.1) is 11.3 Å². The van der Waals surface area contributed by atoms with Gasteiger partial charge in [0.1, 0.15) is 5.75 Å². The Morgan fingerprint density at radius 1 is 1.53 bits per heavy atom. The van der Waals surface area contributed by atoms with E-state index in [1.54, 1.807) is 13.2 Å². The number of aromatic amines is 1. The average Bonchev–Trinajstić information content (AvgIpc) is 2.61. The third kappa shape index (κ3) is 1.64. The van der Waals surface area contributed by atoms with Gasteiger partial charge in [-0.2, -0.15) is 5.26 Å². The number of nitrogens with zero attached hydrogens (tertiary/aromatic N) is 1. The minimum Gasteiger partial charge on any atom is -0.495 e. The summed E-state index contributed by atoms with van der Waals surface area (Å²) in [6, 6.07) is 5.70. The highest BCUT2D eigenvalue weighted by Gasteiger charge is 2.09. The number of hydrogen-bond donors (Lipinski definition) is 1. The quantitative estimate of drug-likeness (QED) is 0.846. The molecular weight excluding hydrogens is 212 g/mol. The van der Waals surface area contributed by atoms with Gasteiger partial charge >= 0.3 is 0 Å². The Bertz CT molecular complexity index is 539. The van der Waals surface area contributed by atoms with E-state index in [9.17, 15) is 0 Å². The van der Waals surface area contributed by atoms with Crippen LogP contribution >= 0.6 is 11.6 Å². The van der Waals surface area contributed by atoms with Gasteiger partial charge in [0.25, 0.3) is 0 Å². The lowest BCUT2D eigenvalue weighted by atomic mass is 10.1. The second kappa shape index (κ2) is 3.84. The first-order valence-electron chi connectivity index (χ1n) is 4.46. The Kier molecular flexibility index (Phi) is 2.53. The Morgan fingerprint density at radius 3 is 3.00 bits per heavy atom. The van der Waals surface area contributed by atoms with Crippen molar-refractivity contribution in [3.63, 3.8) is 0 Å². The van der Waals surface area contributed by atoms with Crippen LogP contribution in [0.25, 0.3) is 10.9 Å². The van der Waals surface area contributed by atoms with Crippen molar-refractivity contribution in [2.45, 2.75) is 6.42 Å². The first kappa shape index (κ1) is 9.88. The van der Waals surface area contributed by atoms with Gasteiger partial charge < -0.3 is 9.72 Å². The molecule has 0 bridgehead atoms. The molecule has 1 aromatic heterocycles. The van der Waals surface area contributed by atoms with Crippen molar-refractivity contribution < 1.29 is 4.74 Å². The minimum atomic E-state index is 0.365. The van der Waals surface area contributed by atoms with Gasteiger partial charge in [-0.1, -0.05) is 11.6 Å². The van der Waals surface area contributed by atoms with Gasteiger partial charge in [-0.25, -0.2) is 0 Å². The van der Waals surface area contributed by atoms with Crippen LogP contribution in [0.1, 0.15) is 5.56 Å². The van der Waals surface area contributed by atoms with E-state index in [4.69, 9.17) is 21.6 Å². The third-order valence-corrected chi connectivity index (χ3v) is 2.51. The van der Waals surface area contributed by atoms with Gasteiger partial charge in [0.15, 0.2) is 0 Å². The van der Waals surface area contributed by atoms with E-state index in [0.29, 0.717) is 17.2 Å². The summed E-state index contributed by atoms with van der Waals surface area (Å²) in [6.45, 7) is 0. The Hall–Kier alpha value is -1.66. The SMILES string of the molecule is COc1cc(Cl)cc2c(CC#N)c[nH]c12. The van der Waals surface area contributed by atoms with Crippen molar-refractivity contribution in [1.82, 2.24) is 4.98 Å². The molecule has 0 aliphatic carbocycles. The van der Waals surface area contributed by atoms with Crippen LogP contribution < -0.4 is 4.74 Å². The van der Waals surface area contributed by atoms with Crippen LogP contribution in [0.2, 0.25) is 5.02 Å². The molecule has 0 unspecified atom stereocenters. The molecule has 76 valence electrons. The molecule has 3 nitrogen and oxygen atoms in total. The monoisotopic (exact) mass is 220 g/mol. The van der Waals surface area contributed by atoms with Crippen molar-refractivity contribution in [3.05, 3.63) is 28.9 Å². The van der Waals surface area contributed by atoms with E-state index >= 15 is 0 Å². The molecular formula is C11H9ClN2O. The van der Waals surface area contributed by atoms with Crippen molar-refractivity contribution >= 4 is 22.5 Å². The standard InChI is InChI=1S/C11H9ClN2O/c1-15-10-5-8(12)4-9-7(2-3-13)6-14-11(9)10/h4-6,14H,2H2,1H3. The fourth-order valence-corrected chi connectivity index (χ4v) is 1.82. The summed E-state index contributed by atoms with van der Waals surface area (Å²) in [4.78, 5) is 3.08. The summed E-state index contributed by atoms with van der Waals surface area (Å²) in [5.41, 5.74) is 1.82. The molecule has 0 aliphatic rings. The van der Waals surface area contributed by atoms with E-state index in [1.807, 2.05) is 12.3 Å². The second-order valence-electron chi connectivity index (χ2n) is 3.18. The molecule has 1 N–H and O–H groups in total. The fourth-order valence-electron chi connectivity index (χ4n) is 1.61. The van der Waals surface area contributed by atoms with E-state index in [1.165, 1.54) is 0 Å². The Balaban J connectivity index is 2.70. The number of aromatic nitrogens is 1. The maximum Gasteiger partial charge on any atom is 0.144 e. The maximum atomic E-state index is 8.67. The number of hydrogen-bond acceptors (Lipinski definition) is 2. The fraction of sp³-hybridized carbons (Fsp3) is 0.182. The minimum absolute atomic E-state index is 0.365. The first-order chi connectivity index (χ1) is 7.26. The van der Waals surface area contributed by atoms with Crippen molar-refractivity contribution in [1.29, 1.82) is 5.26 Å². The predicted octanol–water partition coefficient (Wildman–Crippen LogP) is 2.90. The van der Waals surface area contributed by atoms with Crippen LogP contribution in [0.5, 0.6) is 5.75 Å². The van der Waals surface area contributed by atoms with Crippen molar-refractivity contribution in [2.24, 2.45) is 0 Å².